The fraction of sp³-hybridized carbons (Fsp3) is 0.353. The molecule has 0 aliphatic carbocycles. The second-order valence-corrected chi connectivity index (χ2v) is 5.73. The maximum atomic E-state index is 5.95. The maximum absolute atomic E-state index is 5.95. The molecule has 0 atom stereocenters. The zero-order chi connectivity index (χ0) is 15.9. The van der Waals surface area contributed by atoms with E-state index in [4.69, 9.17) is 9.31 Å². The highest BCUT2D eigenvalue weighted by Gasteiger charge is 2.51. The van der Waals surface area contributed by atoms with Crippen LogP contribution < -0.4 is 0 Å². The van der Waals surface area contributed by atoms with E-state index in [1.807, 2.05) is 52.0 Å². The molecule has 0 amide bonds. The van der Waals surface area contributed by atoms with Crippen LogP contribution in [0.25, 0.3) is 0 Å². The third-order valence-electron chi connectivity index (χ3n) is 3.63. The summed E-state index contributed by atoms with van der Waals surface area (Å²) >= 11 is 0. The molecule has 0 aromatic rings. The van der Waals surface area contributed by atoms with Crippen molar-refractivity contribution in [3.8, 4) is 0 Å². The number of hydrogen-bond acceptors (Lipinski definition) is 3. The largest absolute Gasteiger partial charge is 0.496 e. The van der Waals surface area contributed by atoms with Crippen LogP contribution in [0.1, 0.15) is 27.7 Å². The summed E-state index contributed by atoms with van der Waals surface area (Å²) in [4.78, 5) is 4.22. The Hall–Kier alpha value is -1.65. The molecule has 1 aliphatic heterocycles. The Morgan fingerprint density at radius 3 is 2.05 bits per heavy atom. The topological polar surface area (TPSA) is 30.8 Å². The van der Waals surface area contributed by atoms with Gasteiger partial charge in [0, 0.05) is 17.9 Å². The van der Waals surface area contributed by atoms with Gasteiger partial charge in [0.15, 0.2) is 0 Å². The molecule has 0 aromatic heterocycles. The highest BCUT2D eigenvalue weighted by molar-refractivity contribution is 6.55. The van der Waals surface area contributed by atoms with Gasteiger partial charge in [-0.3, -0.25) is 4.99 Å². The quantitative estimate of drug-likeness (QED) is 0.418. The molecule has 4 heteroatoms. The fourth-order valence-corrected chi connectivity index (χ4v) is 1.62. The van der Waals surface area contributed by atoms with E-state index in [1.54, 1.807) is 24.6 Å². The van der Waals surface area contributed by atoms with E-state index in [-0.39, 0.29) is 11.2 Å². The minimum absolute atomic E-state index is 0.362. The summed E-state index contributed by atoms with van der Waals surface area (Å²) < 4.78 is 11.9. The van der Waals surface area contributed by atoms with Gasteiger partial charge in [-0.15, -0.1) is 0 Å². The van der Waals surface area contributed by atoms with Gasteiger partial charge in [-0.25, -0.2) is 0 Å². The molecule has 0 N–H and O–H groups in total. The Morgan fingerprint density at radius 2 is 1.52 bits per heavy atom. The number of rotatable bonds is 6. The Bertz CT molecular complexity index is 483. The molecule has 0 bridgehead atoms. The molecular weight excluding hydrogens is 261 g/mol. The molecule has 1 rings (SSSR count). The Balaban J connectivity index is 2.72. The van der Waals surface area contributed by atoms with Crippen molar-refractivity contribution in [2.45, 2.75) is 38.9 Å². The molecule has 0 aromatic carbocycles. The molecule has 1 fully saturated rings. The normalized spacial score (nSPS) is 21.7. The van der Waals surface area contributed by atoms with Gasteiger partial charge in [0.2, 0.25) is 0 Å². The number of allylic oxidation sites excluding steroid dienone is 7. The molecule has 0 spiro atoms. The molecular formula is C17H24BNO2. The minimum atomic E-state index is -0.436. The van der Waals surface area contributed by atoms with Crippen molar-refractivity contribution in [2.24, 2.45) is 4.99 Å². The van der Waals surface area contributed by atoms with Crippen molar-refractivity contribution >= 4 is 13.3 Å². The van der Waals surface area contributed by atoms with Gasteiger partial charge in [-0.05, 0) is 33.8 Å². The number of hydrogen-bond donors (Lipinski definition) is 0. The number of aliphatic imine (C=N–C) groups is 1. The first-order valence-corrected chi connectivity index (χ1v) is 7.00. The summed E-state index contributed by atoms with van der Waals surface area (Å²) in [5, 5.41) is 0. The Labute approximate surface area is 128 Å². The van der Waals surface area contributed by atoms with Gasteiger partial charge >= 0.3 is 7.12 Å². The Morgan fingerprint density at radius 1 is 0.952 bits per heavy atom. The van der Waals surface area contributed by atoms with Crippen LogP contribution in [0.3, 0.4) is 0 Å². The van der Waals surface area contributed by atoms with Gasteiger partial charge in [0.25, 0.3) is 0 Å². The van der Waals surface area contributed by atoms with Gasteiger partial charge < -0.3 is 9.31 Å². The van der Waals surface area contributed by atoms with Crippen molar-refractivity contribution in [1.82, 2.24) is 0 Å². The molecule has 0 radical (unpaired) electrons. The third kappa shape index (κ3) is 4.69. The van der Waals surface area contributed by atoms with Crippen LogP contribution in [0.2, 0.25) is 0 Å². The van der Waals surface area contributed by atoms with E-state index < -0.39 is 7.12 Å². The summed E-state index contributed by atoms with van der Waals surface area (Å²) in [6.07, 6.45) is 14.3. The van der Waals surface area contributed by atoms with Gasteiger partial charge in [-0.2, -0.15) is 0 Å². The molecule has 1 aliphatic rings. The van der Waals surface area contributed by atoms with E-state index in [1.165, 1.54) is 0 Å². The van der Waals surface area contributed by atoms with Crippen LogP contribution in [0, 0.1) is 0 Å². The summed E-state index contributed by atoms with van der Waals surface area (Å²) in [7, 11) is -0.436. The van der Waals surface area contributed by atoms with Crippen LogP contribution in [0.15, 0.2) is 66.3 Å². The molecule has 0 saturated carbocycles. The van der Waals surface area contributed by atoms with E-state index in [9.17, 15) is 0 Å². The van der Waals surface area contributed by atoms with Crippen molar-refractivity contribution in [1.29, 1.82) is 0 Å². The average Bonchev–Trinajstić information content (AvgIpc) is 2.61. The van der Waals surface area contributed by atoms with E-state index in [2.05, 4.69) is 18.2 Å². The lowest BCUT2D eigenvalue weighted by atomic mass is 9.79. The molecule has 1 saturated heterocycles. The van der Waals surface area contributed by atoms with Crippen molar-refractivity contribution < 1.29 is 9.31 Å². The van der Waals surface area contributed by atoms with Crippen molar-refractivity contribution in [3.05, 3.63) is 61.3 Å². The first-order valence-electron chi connectivity index (χ1n) is 7.00. The fourth-order valence-electron chi connectivity index (χ4n) is 1.62. The predicted molar refractivity (Wildman–Crippen MR) is 91.3 cm³/mol. The van der Waals surface area contributed by atoms with Crippen LogP contribution in [0.4, 0.5) is 0 Å². The van der Waals surface area contributed by atoms with Crippen LogP contribution in [-0.2, 0) is 9.31 Å². The van der Waals surface area contributed by atoms with E-state index >= 15 is 0 Å². The second-order valence-electron chi connectivity index (χ2n) is 5.73. The summed E-state index contributed by atoms with van der Waals surface area (Å²) in [5.74, 6) is 0. The summed E-state index contributed by atoms with van der Waals surface area (Å²) in [6, 6.07) is 0. The Kier molecular flexibility index (Phi) is 6.12. The highest BCUT2D eigenvalue weighted by atomic mass is 16.7. The van der Waals surface area contributed by atoms with Crippen LogP contribution in [0.5, 0.6) is 0 Å². The standard InChI is InChI=1S/C17H24BNO2/c1-7-9-10-11-12-13-19-14-15(8-2)18-20-16(3,4)17(5,6)21-18/h7-14H,1-2H2,3-6H3/b10-9-,12-11-,15-14+,19-13+. The molecule has 0 unspecified atom stereocenters. The highest BCUT2D eigenvalue weighted by Crippen LogP contribution is 2.38. The molecule has 112 valence electrons. The van der Waals surface area contributed by atoms with Crippen molar-refractivity contribution in [2.75, 3.05) is 0 Å². The average molecular weight is 285 g/mol. The zero-order valence-electron chi connectivity index (χ0n) is 13.4. The van der Waals surface area contributed by atoms with E-state index in [0.29, 0.717) is 0 Å². The predicted octanol–water partition coefficient (Wildman–Crippen LogP) is 4.06. The third-order valence-corrected chi connectivity index (χ3v) is 3.63. The summed E-state index contributed by atoms with van der Waals surface area (Å²) in [6.45, 7) is 15.5. The van der Waals surface area contributed by atoms with Gasteiger partial charge in [0.1, 0.15) is 0 Å². The molecule has 1 heterocycles. The number of nitrogens with zero attached hydrogens (tertiary/aromatic N) is 1. The smallest absolute Gasteiger partial charge is 0.399 e. The zero-order valence-corrected chi connectivity index (χ0v) is 13.4. The monoisotopic (exact) mass is 285 g/mol. The van der Waals surface area contributed by atoms with E-state index in [0.717, 1.165) is 5.47 Å². The summed E-state index contributed by atoms with van der Waals surface area (Å²) in [5.41, 5.74) is 0.0810. The van der Waals surface area contributed by atoms with Crippen LogP contribution in [-0.4, -0.2) is 24.5 Å². The van der Waals surface area contributed by atoms with Gasteiger partial charge in [0.05, 0.1) is 11.2 Å². The SMILES string of the molecule is C=C\C=C/C=C\C=N\C=C(/C=C)B1OC(C)(C)C(C)(C)O1. The lowest BCUT2D eigenvalue weighted by molar-refractivity contribution is 0.00578. The molecule has 21 heavy (non-hydrogen) atoms. The lowest BCUT2D eigenvalue weighted by Crippen LogP contribution is -2.41. The first kappa shape index (κ1) is 17.4. The first-order chi connectivity index (χ1) is 9.84. The van der Waals surface area contributed by atoms with Gasteiger partial charge in [-0.1, -0.05) is 43.5 Å². The second kappa shape index (κ2) is 7.39. The van der Waals surface area contributed by atoms with Crippen molar-refractivity contribution in [3.63, 3.8) is 0 Å². The minimum Gasteiger partial charge on any atom is -0.399 e. The molecule has 3 nitrogen and oxygen atoms in total. The lowest BCUT2D eigenvalue weighted by Gasteiger charge is -2.32. The van der Waals surface area contributed by atoms with Crippen LogP contribution >= 0.6 is 0 Å². The maximum Gasteiger partial charge on any atom is 0.496 e.